The molecule has 7 heteroatoms. The number of aryl methyl sites for hydroxylation is 3. The van der Waals surface area contributed by atoms with Crippen LogP contribution in [0.1, 0.15) is 33.7 Å². The number of hydrogen-bond acceptors (Lipinski definition) is 5. The Morgan fingerprint density at radius 2 is 2.09 bits per heavy atom. The summed E-state index contributed by atoms with van der Waals surface area (Å²) >= 11 is 0. The average molecular weight is 303 g/mol. The summed E-state index contributed by atoms with van der Waals surface area (Å²) in [4.78, 5) is 21.3. The lowest BCUT2D eigenvalue weighted by Crippen LogP contribution is -2.49. The molecule has 0 aliphatic carbocycles. The molecule has 0 aromatic carbocycles. The summed E-state index contributed by atoms with van der Waals surface area (Å²) in [6.07, 6.45) is 3.72. The molecule has 0 radical (unpaired) electrons. The highest BCUT2D eigenvalue weighted by molar-refractivity contribution is 5.96. The van der Waals surface area contributed by atoms with Gasteiger partial charge in [-0.25, -0.2) is 4.98 Å². The van der Waals surface area contributed by atoms with E-state index in [0.29, 0.717) is 30.1 Å². The number of aromatic nitrogens is 3. The number of piperazine rings is 1. The van der Waals surface area contributed by atoms with Crippen LogP contribution in [0.4, 0.5) is 0 Å². The zero-order valence-electron chi connectivity index (χ0n) is 13.4. The van der Waals surface area contributed by atoms with Gasteiger partial charge in [0.05, 0.1) is 11.7 Å². The molecule has 0 bridgehead atoms. The first-order chi connectivity index (χ1) is 10.5. The van der Waals surface area contributed by atoms with Gasteiger partial charge in [-0.15, -0.1) is 0 Å². The van der Waals surface area contributed by atoms with Gasteiger partial charge in [0.15, 0.2) is 0 Å². The number of likely N-dealkylation sites (N-methyl/N-ethyl adjacent to an activating group) is 1. The van der Waals surface area contributed by atoms with E-state index in [1.807, 2.05) is 22.7 Å². The van der Waals surface area contributed by atoms with E-state index in [-0.39, 0.29) is 11.9 Å². The third-order valence-corrected chi connectivity index (χ3v) is 4.34. The molecule has 1 atom stereocenters. The molecule has 0 saturated carbocycles. The maximum atomic E-state index is 12.8. The quantitative estimate of drug-likeness (QED) is 0.832. The predicted octanol–water partition coefficient (Wildman–Crippen LogP) is 1.15. The van der Waals surface area contributed by atoms with Gasteiger partial charge >= 0.3 is 0 Å². The number of nitrogens with zero attached hydrogens (tertiary/aromatic N) is 5. The maximum Gasteiger partial charge on any atom is 0.259 e. The molecule has 2 aromatic rings. The van der Waals surface area contributed by atoms with Gasteiger partial charge in [-0.2, -0.15) is 0 Å². The second kappa shape index (κ2) is 5.57. The molecular formula is C15H21N5O2. The Bertz CT molecular complexity index is 670. The van der Waals surface area contributed by atoms with Crippen LogP contribution in [0.5, 0.6) is 0 Å². The third-order valence-electron chi connectivity index (χ3n) is 4.34. The highest BCUT2D eigenvalue weighted by Gasteiger charge is 2.33. The summed E-state index contributed by atoms with van der Waals surface area (Å²) in [6.45, 7) is 5.70. The Kier molecular flexibility index (Phi) is 3.74. The van der Waals surface area contributed by atoms with Crippen LogP contribution >= 0.6 is 0 Å². The minimum Gasteiger partial charge on any atom is -0.361 e. The Hall–Kier alpha value is -2.15. The Morgan fingerprint density at radius 1 is 1.32 bits per heavy atom. The van der Waals surface area contributed by atoms with Gasteiger partial charge in [-0.1, -0.05) is 5.16 Å². The van der Waals surface area contributed by atoms with Crippen molar-refractivity contribution in [2.75, 3.05) is 26.7 Å². The summed E-state index contributed by atoms with van der Waals surface area (Å²) in [5.41, 5.74) is 1.23. The largest absolute Gasteiger partial charge is 0.361 e. The van der Waals surface area contributed by atoms with Crippen molar-refractivity contribution in [3.8, 4) is 0 Å². The molecule has 22 heavy (non-hydrogen) atoms. The van der Waals surface area contributed by atoms with Gasteiger partial charge in [0.1, 0.15) is 17.1 Å². The van der Waals surface area contributed by atoms with Crippen LogP contribution < -0.4 is 0 Å². The van der Waals surface area contributed by atoms with E-state index in [1.165, 1.54) is 0 Å². The zero-order valence-corrected chi connectivity index (χ0v) is 13.4. The summed E-state index contributed by atoms with van der Waals surface area (Å²) < 4.78 is 7.13. The van der Waals surface area contributed by atoms with Crippen molar-refractivity contribution in [1.82, 2.24) is 24.5 Å². The molecule has 0 N–H and O–H groups in total. The van der Waals surface area contributed by atoms with Crippen molar-refractivity contribution in [3.05, 3.63) is 35.2 Å². The molecule has 1 aliphatic rings. The molecule has 2 aromatic heterocycles. The Balaban J connectivity index is 1.84. The van der Waals surface area contributed by atoms with Crippen molar-refractivity contribution in [1.29, 1.82) is 0 Å². The summed E-state index contributed by atoms with van der Waals surface area (Å²) in [6, 6.07) is 0.0955. The van der Waals surface area contributed by atoms with E-state index in [0.717, 1.165) is 12.4 Å². The standard InChI is InChI=1S/C15H21N5O2/c1-10-13(11(2)22-17-10)15(21)20-8-7-18(3)12(9-20)14-16-5-6-19(14)4/h5-6,12H,7-9H2,1-4H3. The normalized spacial score (nSPS) is 19.6. The number of amides is 1. The fourth-order valence-electron chi connectivity index (χ4n) is 2.98. The van der Waals surface area contributed by atoms with E-state index >= 15 is 0 Å². The molecule has 3 rings (SSSR count). The maximum absolute atomic E-state index is 12.8. The van der Waals surface area contributed by atoms with Crippen molar-refractivity contribution in [2.45, 2.75) is 19.9 Å². The fourth-order valence-corrected chi connectivity index (χ4v) is 2.98. The summed E-state index contributed by atoms with van der Waals surface area (Å²) in [5.74, 6) is 1.54. The van der Waals surface area contributed by atoms with Crippen LogP contribution in [0.3, 0.4) is 0 Å². The topological polar surface area (TPSA) is 67.4 Å². The van der Waals surface area contributed by atoms with Gasteiger partial charge in [0.25, 0.3) is 5.91 Å². The fraction of sp³-hybridized carbons (Fsp3) is 0.533. The van der Waals surface area contributed by atoms with Crippen LogP contribution in [0.2, 0.25) is 0 Å². The SMILES string of the molecule is Cc1noc(C)c1C(=O)N1CCN(C)C(c2nccn2C)C1. The molecule has 1 fully saturated rings. The van der Waals surface area contributed by atoms with Crippen LogP contribution in [-0.2, 0) is 7.05 Å². The van der Waals surface area contributed by atoms with E-state index in [9.17, 15) is 4.79 Å². The molecule has 1 saturated heterocycles. The van der Waals surface area contributed by atoms with Crippen molar-refractivity contribution in [2.24, 2.45) is 7.05 Å². The number of hydrogen-bond donors (Lipinski definition) is 0. The van der Waals surface area contributed by atoms with Gasteiger partial charge in [-0.05, 0) is 20.9 Å². The summed E-state index contributed by atoms with van der Waals surface area (Å²) in [5, 5.41) is 3.88. The van der Waals surface area contributed by atoms with Gasteiger partial charge in [0, 0.05) is 39.1 Å². The average Bonchev–Trinajstić information content (AvgIpc) is 3.05. The van der Waals surface area contributed by atoms with E-state index in [4.69, 9.17) is 4.52 Å². The van der Waals surface area contributed by atoms with Crippen molar-refractivity contribution >= 4 is 5.91 Å². The van der Waals surface area contributed by atoms with Crippen LogP contribution in [-0.4, -0.2) is 57.1 Å². The number of imidazole rings is 1. The van der Waals surface area contributed by atoms with Crippen molar-refractivity contribution in [3.63, 3.8) is 0 Å². The first-order valence-electron chi connectivity index (χ1n) is 7.38. The second-order valence-electron chi connectivity index (χ2n) is 5.84. The van der Waals surface area contributed by atoms with E-state index in [1.54, 1.807) is 20.0 Å². The molecule has 1 unspecified atom stereocenters. The minimum atomic E-state index is -0.0106. The lowest BCUT2D eigenvalue weighted by molar-refractivity contribution is 0.0526. The Morgan fingerprint density at radius 3 is 2.68 bits per heavy atom. The molecule has 1 aliphatic heterocycles. The number of carbonyl (C=O) groups is 1. The first kappa shape index (κ1) is 14.8. The summed E-state index contributed by atoms with van der Waals surface area (Å²) in [7, 11) is 4.04. The van der Waals surface area contributed by atoms with Crippen LogP contribution in [0.15, 0.2) is 16.9 Å². The second-order valence-corrected chi connectivity index (χ2v) is 5.84. The number of rotatable bonds is 2. The monoisotopic (exact) mass is 303 g/mol. The van der Waals surface area contributed by atoms with Crippen LogP contribution in [0.25, 0.3) is 0 Å². The first-order valence-corrected chi connectivity index (χ1v) is 7.38. The lowest BCUT2D eigenvalue weighted by atomic mass is 10.1. The lowest BCUT2D eigenvalue weighted by Gasteiger charge is -2.39. The minimum absolute atomic E-state index is 0.0106. The molecule has 3 heterocycles. The molecule has 118 valence electrons. The van der Waals surface area contributed by atoms with Gasteiger partial charge < -0.3 is 14.0 Å². The number of carbonyl (C=O) groups excluding carboxylic acids is 1. The van der Waals surface area contributed by atoms with Gasteiger partial charge in [0.2, 0.25) is 0 Å². The van der Waals surface area contributed by atoms with Crippen molar-refractivity contribution < 1.29 is 9.32 Å². The van der Waals surface area contributed by atoms with E-state index < -0.39 is 0 Å². The van der Waals surface area contributed by atoms with Gasteiger partial charge in [-0.3, -0.25) is 9.69 Å². The van der Waals surface area contributed by atoms with Crippen LogP contribution in [0, 0.1) is 13.8 Å². The Labute approximate surface area is 129 Å². The smallest absolute Gasteiger partial charge is 0.259 e. The molecule has 1 amide bonds. The molecule has 7 nitrogen and oxygen atoms in total. The highest BCUT2D eigenvalue weighted by Crippen LogP contribution is 2.24. The zero-order chi connectivity index (χ0) is 15.9. The molecular weight excluding hydrogens is 282 g/mol. The van der Waals surface area contributed by atoms with E-state index in [2.05, 4.69) is 22.1 Å². The predicted molar refractivity (Wildman–Crippen MR) is 80.5 cm³/mol. The molecule has 0 spiro atoms. The third kappa shape index (κ3) is 2.41. The highest BCUT2D eigenvalue weighted by atomic mass is 16.5.